The van der Waals surface area contributed by atoms with E-state index in [0.717, 1.165) is 17.5 Å². The highest BCUT2D eigenvalue weighted by Crippen LogP contribution is 2.41. The molecule has 2 aromatic carbocycles. The molecule has 0 bridgehead atoms. The highest BCUT2D eigenvalue weighted by atomic mass is 35.5. The van der Waals surface area contributed by atoms with E-state index in [1.807, 2.05) is 24.3 Å². The van der Waals surface area contributed by atoms with Crippen molar-refractivity contribution in [3.05, 3.63) is 87.9 Å². The number of nitrogens with one attached hydrogen (secondary N) is 4. The zero-order valence-electron chi connectivity index (χ0n) is 24.7. The van der Waals surface area contributed by atoms with Crippen molar-refractivity contribution in [1.82, 2.24) is 25.9 Å². The second kappa shape index (κ2) is 15.4. The van der Waals surface area contributed by atoms with Crippen LogP contribution in [-0.4, -0.2) is 48.8 Å². The number of rotatable bonds is 14. The van der Waals surface area contributed by atoms with Crippen LogP contribution in [0, 0.1) is 5.82 Å². The number of benzene rings is 2. The third-order valence-corrected chi connectivity index (χ3v) is 8.34. The van der Waals surface area contributed by atoms with Gasteiger partial charge in [0.2, 0.25) is 5.91 Å². The largest absolute Gasteiger partial charge is 0.496 e. The van der Waals surface area contributed by atoms with Crippen molar-refractivity contribution in [1.29, 1.82) is 0 Å². The Morgan fingerprint density at radius 2 is 1.80 bits per heavy atom. The minimum atomic E-state index is -0.520. The summed E-state index contributed by atoms with van der Waals surface area (Å²) in [5.41, 5.74) is 4.41. The lowest BCUT2D eigenvalue weighted by molar-refractivity contribution is -0.119. The highest BCUT2D eigenvalue weighted by Gasteiger charge is 2.21. The number of carbonyl (C=O) groups excluding carboxylic acids is 1. The first-order valence-corrected chi connectivity index (χ1v) is 15.4. The molecule has 4 N–H and O–H groups in total. The fourth-order valence-electron chi connectivity index (χ4n) is 5.19. The van der Waals surface area contributed by atoms with Gasteiger partial charge in [-0.3, -0.25) is 14.2 Å². The standard InChI is InChI=1S/C33H34Cl2F2N6O2/c1-45-27-16-20(6-7-21(27)17-39-19-23-8-9-28(44)42-23)32-30(35)25(11-15-40-32)24-4-2-5-26(29(24)34)43-33-31(37)22(10-14-41-33)18-38-13-3-12-36/h2,4-7,10-11,14-16,23,38-39H,3,8-9,12-13,17-19H2,1H3,(H,41,43)(H,42,44)/t23-/m0/s1. The molecule has 2 aromatic heterocycles. The lowest BCUT2D eigenvalue weighted by atomic mass is 10.0. The van der Waals surface area contributed by atoms with E-state index in [-0.39, 0.29) is 24.3 Å². The first kappa shape index (κ1) is 32.6. The van der Waals surface area contributed by atoms with Gasteiger partial charge in [-0.05, 0) is 43.7 Å². The Labute approximate surface area is 270 Å². The monoisotopic (exact) mass is 654 g/mol. The third-order valence-electron chi connectivity index (χ3n) is 7.55. The number of nitrogens with zero attached hydrogens (tertiary/aromatic N) is 2. The Hall–Kier alpha value is -3.83. The van der Waals surface area contributed by atoms with E-state index >= 15 is 4.39 Å². The second-order valence-corrected chi connectivity index (χ2v) is 11.4. The first-order chi connectivity index (χ1) is 21.9. The van der Waals surface area contributed by atoms with Gasteiger partial charge in [-0.2, -0.15) is 0 Å². The van der Waals surface area contributed by atoms with Gasteiger partial charge in [0.15, 0.2) is 11.6 Å². The second-order valence-electron chi connectivity index (χ2n) is 10.6. The van der Waals surface area contributed by atoms with Crippen LogP contribution >= 0.6 is 23.2 Å². The molecule has 1 fully saturated rings. The summed E-state index contributed by atoms with van der Waals surface area (Å²) in [7, 11) is 1.61. The van der Waals surface area contributed by atoms with Gasteiger partial charge in [0.05, 0.1) is 35.2 Å². The van der Waals surface area contributed by atoms with Gasteiger partial charge in [0.1, 0.15) is 5.75 Å². The molecule has 12 heteroatoms. The molecule has 1 atom stereocenters. The van der Waals surface area contributed by atoms with E-state index in [1.54, 1.807) is 37.6 Å². The summed E-state index contributed by atoms with van der Waals surface area (Å²) in [5.74, 6) is 0.271. The lowest BCUT2D eigenvalue weighted by Gasteiger charge is -2.16. The summed E-state index contributed by atoms with van der Waals surface area (Å²) in [6, 6.07) is 14.6. The van der Waals surface area contributed by atoms with Crippen molar-refractivity contribution in [2.45, 2.75) is 38.4 Å². The molecule has 0 radical (unpaired) electrons. The molecule has 0 unspecified atom stereocenters. The number of carbonyl (C=O) groups is 1. The van der Waals surface area contributed by atoms with Gasteiger partial charge in [-0.15, -0.1) is 0 Å². The summed E-state index contributed by atoms with van der Waals surface area (Å²) in [6.07, 6.45) is 4.92. The van der Waals surface area contributed by atoms with Gasteiger partial charge in [-0.1, -0.05) is 47.5 Å². The van der Waals surface area contributed by atoms with Crippen LogP contribution in [-0.2, 0) is 17.9 Å². The molecule has 1 aliphatic rings. The van der Waals surface area contributed by atoms with Gasteiger partial charge in [-0.25, -0.2) is 9.37 Å². The lowest BCUT2D eigenvalue weighted by Crippen LogP contribution is -2.35. The molecule has 45 heavy (non-hydrogen) atoms. The molecular weight excluding hydrogens is 621 g/mol. The van der Waals surface area contributed by atoms with Crippen LogP contribution in [0.25, 0.3) is 22.4 Å². The van der Waals surface area contributed by atoms with Crippen LogP contribution in [0.15, 0.2) is 60.9 Å². The number of pyridine rings is 2. The fraction of sp³-hybridized carbons (Fsp3) is 0.303. The highest BCUT2D eigenvalue weighted by molar-refractivity contribution is 6.39. The number of alkyl halides is 1. The van der Waals surface area contributed by atoms with Crippen LogP contribution in [0.3, 0.4) is 0 Å². The van der Waals surface area contributed by atoms with Gasteiger partial charge >= 0.3 is 0 Å². The zero-order chi connectivity index (χ0) is 31.8. The van der Waals surface area contributed by atoms with E-state index < -0.39 is 12.5 Å². The molecule has 1 saturated heterocycles. The Morgan fingerprint density at radius 1 is 1.00 bits per heavy atom. The predicted molar refractivity (Wildman–Crippen MR) is 174 cm³/mol. The van der Waals surface area contributed by atoms with Crippen molar-refractivity contribution in [3.63, 3.8) is 0 Å². The molecule has 3 heterocycles. The van der Waals surface area contributed by atoms with Crippen molar-refractivity contribution < 1.29 is 18.3 Å². The summed E-state index contributed by atoms with van der Waals surface area (Å²) in [5, 5.41) is 13.1. The maximum Gasteiger partial charge on any atom is 0.220 e. The Balaban J connectivity index is 1.35. The van der Waals surface area contributed by atoms with Crippen molar-refractivity contribution in [2.24, 2.45) is 0 Å². The number of halogens is 4. The fourth-order valence-corrected chi connectivity index (χ4v) is 5.79. The normalized spacial score (nSPS) is 14.4. The third kappa shape index (κ3) is 7.88. The van der Waals surface area contributed by atoms with Crippen molar-refractivity contribution in [2.75, 3.05) is 32.2 Å². The molecule has 4 aromatic rings. The van der Waals surface area contributed by atoms with Crippen LogP contribution in [0.4, 0.5) is 20.3 Å². The summed E-state index contributed by atoms with van der Waals surface area (Å²) in [6.45, 7) is 1.50. The van der Waals surface area contributed by atoms with Crippen molar-refractivity contribution >= 4 is 40.6 Å². The molecular formula is C33H34Cl2F2N6O2. The number of ether oxygens (including phenoxy) is 1. The number of amides is 1. The van der Waals surface area contributed by atoms with Gasteiger partial charge in [0, 0.05) is 72.3 Å². The molecule has 0 spiro atoms. The Kier molecular flexibility index (Phi) is 11.2. The number of hydrogen-bond acceptors (Lipinski definition) is 7. The SMILES string of the molecule is COc1cc(-c2nccc(-c3cccc(Nc4nccc(CNCCCF)c4F)c3Cl)c2Cl)ccc1CNC[C@@H]1CCC(=O)N1. The summed E-state index contributed by atoms with van der Waals surface area (Å²) >= 11 is 13.8. The molecule has 1 aliphatic heterocycles. The summed E-state index contributed by atoms with van der Waals surface area (Å²) < 4.78 is 33.3. The van der Waals surface area contributed by atoms with Crippen LogP contribution < -0.4 is 26.0 Å². The molecule has 1 amide bonds. The van der Waals surface area contributed by atoms with Gasteiger partial charge < -0.3 is 26.0 Å². The average molecular weight is 656 g/mol. The van der Waals surface area contributed by atoms with E-state index in [9.17, 15) is 9.18 Å². The van der Waals surface area contributed by atoms with E-state index in [2.05, 4.69) is 31.2 Å². The Bertz CT molecular complexity index is 1660. The van der Waals surface area contributed by atoms with Crippen LogP contribution in [0.2, 0.25) is 10.0 Å². The van der Waals surface area contributed by atoms with Crippen molar-refractivity contribution in [3.8, 4) is 28.1 Å². The zero-order valence-corrected chi connectivity index (χ0v) is 26.2. The predicted octanol–water partition coefficient (Wildman–Crippen LogP) is 6.83. The van der Waals surface area contributed by atoms with Gasteiger partial charge in [0.25, 0.3) is 0 Å². The minimum Gasteiger partial charge on any atom is -0.496 e. The quantitative estimate of drug-likeness (QED) is 0.111. The number of hydrogen-bond donors (Lipinski definition) is 4. The number of aromatic nitrogens is 2. The molecule has 8 nitrogen and oxygen atoms in total. The van der Waals surface area contributed by atoms with E-state index in [4.69, 9.17) is 27.9 Å². The minimum absolute atomic E-state index is 0.0232. The molecule has 5 rings (SSSR count). The number of anilines is 2. The van der Waals surface area contributed by atoms with E-state index in [1.165, 1.54) is 6.20 Å². The van der Waals surface area contributed by atoms with Crippen LogP contribution in [0.1, 0.15) is 30.4 Å². The molecule has 0 aliphatic carbocycles. The maximum atomic E-state index is 15.2. The summed E-state index contributed by atoms with van der Waals surface area (Å²) in [4.78, 5) is 20.2. The average Bonchev–Trinajstić information content (AvgIpc) is 3.47. The van der Waals surface area contributed by atoms with Crippen LogP contribution in [0.5, 0.6) is 5.75 Å². The molecule has 236 valence electrons. The maximum absolute atomic E-state index is 15.2. The smallest absolute Gasteiger partial charge is 0.220 e. The topological polar surface area (TPSA) is 100 Å². The Morgan fingerprint density at radius 3 is 2.58 bits per heavy atom. The van der Waals surface area contributed by atoms with E-state index in [0.29, 0.717) is 76.3 Å². The first-order valence-electron chi connectivity index (χ1n) is 14.7. The number of methoxy groups -OCH3 is 1. The molecule has 0 saturated carbocycles.